The van der Waals surface area contributed by atoms with E-state index in [0.717, 1.165) is 0 Å². The number of para-hydroxylation sites is 1. The number of benzene rings is 4. The van der Waals surface area contributed by atoms with Crippen molar-refractivity contribution in [1.29, 1.82) is 0 Å². The van der Waals surface area contributed by atoms with Crippen molar-refractivity contribution in [2.45, 2.75) is 6.92 Å². The van der Waals surface area contributed by atoms with Crippen LogP contribution in [0.1, 0.15) is 36.6 Å². The summed E-state index contributed by atoms with van der Waals surface area (Å²) in [6, 6.07) is 20.5. The van der Waals surface area contributed by atoms with Crippen molar-refractivity contribution < 1.29 is 39.2 Å². The smallest absolute Gasteiger partial charge is 0.337 e. The highest BCUT2D eigenvalue weighted by molar-refractivity contribution is 5.99. The number of aldehydes is 2. The molecule has 0 amide bonds. The third kappa shape index (κ3) is 5.97. The molecule has 5 aromatic rings. The van der Waals surface area contributed by atoms with Gasteiger partial charge in [-0.1, -0.05) is 36.4 Å². The Labute approximate surface area is 255 Å². The number of pyridine rings is 1. The molecule has 0 spiro atoms. The first kappa shape index (κ1) is 30.2. The van der Waals surface area contributed by atoms with E-state index in [4.69, 9.17) is 9.47 Å². The van der Waals surface area contributed by atoms with Crippen LogP contribution in [-0.4, -0.2) is 51.6 Å². The molecule has 0 unspecified atom stereocenters. The van der Waals surface area contributed by atoms with Gasteiger partial charge in [0.05, 0.1) is 28.1 Å². The van der Waals surface area contributed by atoms with Gasteiger partial charge in [0.2, 0.25) is 5.88 Å². The number of phenolic OH excluding ortho intramolecular Hbond substituents is 1. The highest BCUT2D eigenvalue weighted by Crippen LogP contribution is 2.36. The molecule has 1 heterocycles. The Morgan fingerprint density at radius 1 is 0.867 bits per heavy atom. The van der Waals surface area contributed by atoms with Gasteiger partial charge in [0, 0.05) is 10.8 Å². The fourth-order valence-electron chi connectivity index (χ4n) is 4.69. The summed E-state index contributed by atoms with van der Waals surface area (Å²) < 4.78 is 12.3. The zero-order valence-corrected chi connectivity index (χ0v) is 23.7. The lowest BCUT2D eigenvalue weighted by atomic mass is 10.0. The molecule has 5 rings (SSSR count). The molecule has 12 heteroatoms. The van der Waals surface area contributed by atoms with Gasteiger partial charge in [-0.2, -0.15) is 5.11 Å². The van der Waals surface area contributed by atoms with E-state index < -0.39 is 17.4 Å². The topological polar surface area (TPSA) is 177 Å². The summed E-state index contributed by atoms with van der Waals surface area (Å²) in [6.45, 7) is 1.73. The van der Waals surface area contributed by atoms with Gasteiger partial charge in [-0.05, 0) is 55.0 Å². The Balaban J connectivity index is 1.32. The monoisotopic (exact) mass is 607 g/mol. The van der Waals surface area contributed by atoms with Crippen molar-refractivity contribution in [2.24, 2.45) is 10.2 Å². The second-order valence-electron chi connectivity index (χ2n) is 9.66. The first-order valence-corrected chi connectivity index (χ1v) is 13.5. The normalized spacial score (nSPS) is 11.0. The summed E-state index contributed by atoms with van der Waals surface area (Å²) in [5, 5.41) is 40.2. The average Bonchev–Trinajstić information content (AvgIpc) is 3.05. The van der Waals surface area contributed by atoms with E-state index >= 15 is 0 Å². The average molecular weight is 608 g/mol. The fraction of sp³-hybridized carbons (Fsp3) is 0.0909. The van der Waals surface area contributed by atoms with Crippen molar-refractivity contribution in [2.75, 3.05) is 13.2 Å². The number of carbonyl (C=O) groups excluding carboxylic acids is 2. The first-order chi connectivity index (χ1) is 21.7. The standard InChI is InChI=1S/C33H25N3O9/c1-19-26(18-38)31(40)36(27-9-5-4-8-25(27)33(42)43)32(41)29(19)35-34-21-10-12-22(13-11-21)44-14-15-45-28-16-20(17-37)30(39)24-7-3-2-6-23(24)28/h2-13,16-18,39,41H,14-15H2,1H3,(H,42,43)/b35-34+. The van der Waals surface area contributed by atoms with Gasteiger partial charge in [0.15, 0.2) is 12.6 Å². The predicted molar refractivity (Wildman–Crippen MR) is 163 cm³/mol. The molecule has 0 fully saturated rings. The SMILES string of the molecule is Cc1c(/N=N/c2ccc(OCCOc3cc(C=O)c(O)c4ccccc34)cc2)c(O)n(-c2ccccc2C(=O)O)c(=O)c1C=O. The number of carboxylic acid groups (broad SMARTS) is 1. The van der Waals surface area contributed by atoms with Crippen molar-refractivity contribution in [3.63, 3.8) is 0 Å². The Hall–Kier alpha value is -6.30. The van der Waals surface area contributed by atoms with Crippen LogP contribution in [0.25, 0.3) is 16.5 Å². The minimum absolute atomic E-state index is 0.0712. The number of carbonyl (C=O) groups is 3. The third-order valence-electron chi connectivity index (χ3n) is 6.96. The number of hydrogen-bond acceptors (Lipinski definition) is 10. The number of phenols is 1. The molecule has 12 nitrogen and oxygen atoms in total. The first-order valence-electron chi connectivity index (χ1n) is 13.5. The second-order valence-corrected chi connectivity index (χ2v) is 9.66. The maximum absolute atomic E-state index is 13.0. The zero-order chi connectivity index (χ0) is 32.1. The number of carboxylic acids is 1. The van der Waals surface area contributed by atoms with Crippen LogP contribution in [0.15, 0.2) is 93.9 Å². The van der Waals surface area contributed by atoms with Gasteiger partial charge in [-0.25, -0.2) is 9.36 Å². The minimum Gasteiger partial charge on any atom is -0.507 e. The Morgan fingerprint density at radius 2 is 1.53 bits per heavy atom. The van der Waals surface area contributed by atoms with Gasteiger partial charge < -0.3 is 24.8 Å². The van der Waals surface area contributed by atoms with E-state index in [0.29, 0.717) is 45.1 Å². The maximum Gasteiger partial charge on any atom is 0.337 e. The number of aromatic hydroxyl groups is 2. The molecule has 1 aromatic heterocycles. The largest absolute Gasteiger partial charge is 0.507 e. The van der Waals surface area contributed by atoms with Crippen LogP contribution >= 0.6 is 0 Å². The zero-order valence-electron chi connectivity index (χ0n) is 23.7. The molecule has 0 saturated carbocycles. The highest BCUT2D eigenvalue weighted by Gasteiger charge is 2.23. The number of rotatable bonds is 11. The highest BCUT2D eigenvalue weighted by atomic mass is 16.5. The van der Waals surface area contributed by atoms with Crippen molar-refractivity contribution in [3.8, 4) is 28.8 Å². The van der Waals surface area contributed by atoms with Crippen LogP contribution in [0.5, 0.6) is 23.1 Å². The lowest BCUT2D eigenvalue weighted by Gasteiger charge is -2.15. The van der Waals surface area contributed by atoms with Crippen molar-refractivity contribution >= 4 is 40.7 Å². The quantitative estimate of drug-likeness (QED) is 0.0936. The summed E-state index contributed by atoms with van der Waals surface area (Å²) in [4.78, 5) is 47.9. The fourth-order valence-corrected chi connectivity index (χ4v) is 4.69. The number of azo groups is 1. The van der Waals surface area contributed by atoms with Crippen LogP contribution in [0.2, 0.25) is 0 Å². The van der Waals surface area contributed by atoms with Gasteiger partial charge in [-0.15, -0.1) is 5.11 Å². The third-order valence-corrected chi connectivity index (χ3v) is 6.96. The summed E-state index contributed by atoms with van der Waals surface area (Å²) in [5.41, 5.74) is -1.26. The molecule has 0 bridgehead atoms. The molecule has 0 aliphatic carbocycles. The molecule has 3 N–H and O–H groups in total. The molecular weight excluding hydrogens is 582 g/mol. The molecule has 0 saturated heterocycles. The Morgan fingerprint density at radius 3 is 2.22 bits per heavy atom. The van der Waals surface area contributed by atoms with E-state index in [9.17, 15) is 34.5 Å². The molecular formula is C33H25N3O9. The number of aromatic nitrogens is 1. The van der Waals surface area contributed by atoms with Crippen molar-refractivity contribution in [1.82, 2.24) is 4.57 Å². The van der Waals surface area contributed by atoms with Crippen molar-refractivity contribution in [3.05, 3.63) is 111 Å². The Kier molecular flexibility index (Phi) is 8.66. The molecule has 45 heavy (non-hydrogen) atoms. The summed E-state index contributed by atoms with van der Waals surface area (Å²) >= 11 is 0. The summed E-state index contributed by atoms with van der Waals surface area (Å²) in [5.74, 6) is -1.20. The van der Waals surface area contributed by atoms with Gasteiger partial charge >= 0.3 is 5.97 Å². The molecule has 0 radical (unpaired) electrons. The van der Waals surface area contributed by atoms with Crippen LogP contribution in [0.4, 0.5) is 11.4 Å². The minimum atomic E-state index is -1.33. The van der Waals surface area contributed by atoms with Crippen LogP contribution in [-0.2, 0) is 0 Å². The summed E-state index contributed by atoms with van der Waals surface area (Å²) in [7, 11) is 0. The summed E-state index contributed by atoms with van der Waals surface area (Å²) in [6.07, 6.45) is 0.875. The van der Waals surface area contributed by atoms with Crippen LogP contribution in [0.3, 0.4) is 0 Å². The maximum atomic E-state index is 13.0. The molecule has 4 aromatic carbocycles. The number of ether oxygens (including phenoxy) is 2. The molecule has 0 atom stereocenters. The van der Waals surface area contributed by atoms with E-state index in [2.05, 4.69) is 10.2 Å². The molecule has 0 aliphatic heterocycles. The lowest BCUT2D eigenvalue weighted by molar-refractivity contribution is 0.0696. The number of aromatic carboxylic acids is 1. The Bertz CT molecular complexity index is 2030. The number of hydrogen-bond donors (Lipinski definition) is 3. The van der Waals surface area contributed by atoms with Crippen LogP contribution < -0.4 is 15.0 Å². The van der Waals surface area contributed by atoms with Gasteiger partial charge in [0.1, 0.15) is 36.1 Å². The van der Waals surface area contributed by atoms with E-state index in [1.165, 1.54) is 37.3 Å². The van der Waals surface area contributed by atoms with Gasteiger partial charge in [0.25, 0.3) is 5.56 Å². The van der Waals surface area contributed by atoms with E-state index in [-0.39, 0.29) is 52.6 Å². The number of fused-ring (bicyclic) bond motifs is 1. The lowest BCUT2D eigenvalue weighted by Crippen LogP contribution is -2.25. The van der Waals surface area contributed by atoms with E-state index in [1.54, 1.807) is 48.5 Å². The number of nitrogens with zero attached hydrogens (tertiary/aromatic N) is 3. The van der Waals surface area contributed by atoms with Crippen LogP contribution in [0, 0.1) is 6.92 Å². The van der Waals surface area contributed by atoms with Gasteiger partial charge in [-0.3, -0.25) is 14.4 Å². The second kappa shape index (κ2) is 12.9. The van der Waals surface area contributed by atoms with E-state index in [1.807, 2.05) is 0 Å². The molecule has 226 valence electrons. The molecule has 0 aliphatic rings. The predicted octanol–water partition coefficient (Wildman–Crippen LogP) is 5.91.